The van der Waals surface area contributed by atoms with Gasteiger partial charge in [0.25, 0.3) is 0 Å². The molecule has 0 aliphatic rings. The fourth-order valence-electron chi connectivity index (χ4n) is 0.908. The Morgan fingerprint density at radius 2 is 2.21 bits per heavy atom. The largest absolute Gasteiger partial charge is 0.481 e. The van der Waals surface area contributed by atoms with Gasteiger partial charge < -0.3 is 5.11 Å². The lowest BCUT2D eigenvalue weighted by Crippen LogP contribution is -2.29. The number of halogens is 3. The van der Waals surface area contributed by atoms with Crippen LogP contribution in [0.2, 0.25) is 0 Å². The molecular weight excluding hydrogens is 203 g/mol. The maximum absolute atomic E-state index is 12.3. The summed E-state index contributed by atoms with van der Waals surface area (Å²) in [5.41, 5.74) is 0. The van der Waals surface area contributed by atoms with Gasteiger partial charge in [0.1, 0.15) is 0 Å². The van der Waals surface area contributed by atoms with Crippen molar-refractivity contribution in [3.8, 4) is 0 Å². The van der Waals surface area contributed by atoms with Gasteiger partial charge in [-0.15, -0.1) is 5.10 Å². The maximum atomic E-state index is 12.3. The third-order valence-corrected chi connectivity index (χ3v) is 1.51. The molecule has 1 aromatic rings. The van der Waals surface area contributed by atoms with E-state index in [9.17, 15) is 18.0 Å². The summed E-state index contributed by atoms with van der Waals surface area (Å²) in [6.07, 6.45) is -3.68. The van der Waals surface area contributed by atoms with E-state index in [1.165, 1.54) is 0 Å². The SMILES string of the molecule is O=C(O)C[C@@H](n1ccnn1)C(F)(F)F. The lowest BCUT2D eigenvalue weighted by molar-refractivity contribution is -0.179. The van der Waals surface area contributed by atoms with E-state index in [2.05, 4.69) is 10.3 Å². The van der Waals surface area contributed by atoms with Crippen molar-refractivity contribution in [3.05, 3.63) is 12.4 Å². The second-order valence-corrected chi connectivity index (χ2v) is 2.54. The highest BCUT2D eigenvalue weighted by Crippen LogP contribution is 2.32. The number of aliphatic carboxylic acids is 1. The van der Waals surface area contributed by atoms with Crippen molar-refractivity contribution in [3.63, 3.8) is 0 Å². The van der Waals surface area contributed by atoms with E-state index in [4.69, 9.17) is 5.11 Å². The van der Waals surface area contributed by atoms with E-state index >= 15 is 0 Å². The van der Waals surface area contributed by atoms with E-state index in [1.807, 2.05) is 0 Å². The minimum absolute atomic E-state index is 0.480. The second-order valence-electron chi connectivity index (χ2n) is 2.54. The molecule has 0 unspecified atom stereocenters. The number of hydrogen-bond donors (Lipinski definition) is 1. The smallest absolute Gasteiger partial charge is 0.411 e. The molecule has 0 bridgehead atoms. The van der Waals surface area contributed by atoms with E-state index in [0.29, 0.717) is 4.68 Å². The summed E-state index contributed by atoms with van der Waals surface area (Å²) in [5, 5.41) is 14.6. The van der Waals surface area contributed by atoms with Crippen LogP contribution >= 0.6 is 0 Å². The van der Waals surface area contributed by atoms with Gasteiger partial charge in [-0.3, -0.25) is 4.79 Å². The molecule has 5 nitrogen and oxygen atoms in total. The monoisotopic (exact) mass is 209 g/mol. The van der Waals surface area contributed by atoms with Crippen LogP contribution in [-0.2, 0) is 4.79 Å². The van der Waals surface area contributed by atoms with Crippen LogP contribution in [0.1, 0.15) is 12.5 Å². The molecule has 0 saturated heterocycles. The molecule has 1 aromatic heterocycles. The van der Waals surface area contributed by atoms with Crippen LogP contribution in [0.15, 0.2) is 12.4 Å². The lowest BCUT2D eigenvalue weighted by atomic mass is 10.2. The Hall–Kier alpha value is -1.60. The van der Waals surface area contributed by atoms with Crippen molar-refractivity contribution in [2.45, 2.75) is 18.6 Å². The number of alkyl halides is 3. The first kappa shape index (κ1) is 10.5. The molecule has 1 heterocycles. The topological polar surface area (TPSA) is 68.0 Å². The Balaban J connectivity index is 2.89. The Kier molecular flexibility index (Phi) is 2.73. The Morgan fingerprint density at radius 3 is 2.57 bits per heavy atom. The summed E-state index contributed by atoms with van der Waals surface area (Å²) >= 11 is 0. The van der Waals surface area contributed by atoms with E-state index in [0.717, 1.165) is 12.4 Å². The number of rotatable bonds is 3. The van der Waals surface area contributed by atoms with Crippen LogP contribution < -0.4 is 0 Å². The zero-order valence-electron chi connectivity index (χ0n) is 6.77. The highest BCUT2D eigenvalue weighted by atomic mass is 19.4. The molecule has 0 radical (unpaired) electrons. The standard InChI is InChI=1S/C6H6F3N3O2/c7-6(8,9)4(3-5(13)14)12-2-1-10-11-12/h1-2,4H,3H2,(H,13,14)/t4-/m1/s1. The van der Waals surface area contributed by atoms with Crippen molar-refractivity contribution in [1.29, 1.82) is 0 Å². The van der Waals surface area contributed by atoms with Crippen molar-refractivity contribution in [1.82, 2.24) is 15.0 Å². The molecule has 78 valence electrons. The van der Waals surface area contributed by atoms with Crippen LogP contribution in [0.3, 0.4) is 0 Å². The van der Waals surface area contributed by atoms with Crippen molar-refractivity contribution in [2.24, 2.45) is 0 Å². The minimum Gasteiger partial charge on any atom is -0.481 e. The normalized spacial score (nSPS) is 13.9. The fourth-order valence-corrected chi connectivity index (χ4v) is 0.908. The highest BCUT2D eigenvalue weighted by Gasteiger charge is 2.43. The molecule has 0 saturated carbocycles. The van der Waals surface area contributed by atoms with E-state index in [-0.39, 0.29) is 0 Å². The molecule has 1 N–H and O–H groups in total. The van der Waals surface area contributed by atoms with E-state index < -0.39 is 24.6 Å². The average molecular weight is 209 g/mol. The van der Waals surface area contributed by atoms with Crippen molar-refractivity contribution >= 4 is 5.97 Å². The number of hydrogen-bond acceptors (Lipinski definition) is 3. The van der Waals surface area contributed by atoms with Crippen LogP contribution in [0.5, 0.6) is 0 Å². The van der Waals surface area contributed by atoms with Crippen LogP contribution in [0, 0.1) is 0 Å². The molecule has 8 heteroatoms. The maximum Gasteiger partial charge on any atom is 0.411 e. The number of carboxylic acids is 1. The lowest BCUT2D eigenvalue weighted by Gasteiger charge is -2.17. The van der Waals surface area contributed by atoms with Crippen molar-refractivity contribution in [2.75, 3.05) is 0 Å². The van der Waals surface area contributed by atoms with Gasteiger partial charge in [-0.05, 0) is 0 Å². The summed E-state index contributed by atoms with van der Waals surface area (Å²) in [7, 11) is 0. The molecule has 0 spiro atoms. The first-order chi connectivity index (χ1) is 6.41. The Bertz CT molecular complexity index is 309. The molecule has 0 aliphatic heterocycles. The molecule has 1 rings (SSSR count). The van der Waals surface area contributed by atoms with Gasteiger partial charge >= 0.3 is 12.1 Å². The Labute approximate surface area is 76.1 Å². The predicted molar refractivity (Wildman–Crippen MR) is 37.4 cm³/mol. The number of carbonyl (C=O) groups is 1. The van der Waals surface area contributed by atoms with Gasteiger partial charge in [-0.25, -0.2) is 4.68 Å². The summed E-state index contributed by atoms with van der Waals surface area (Å²) in [5.74, 6) is -1.54. The Morgan fingerprint density at radius 1 is 1.57 bits per heavy atom. The zero-order chi connectivity index (χ0) is 10.8. The van der Waals surface area contributed by atoms with Gasteiger partial charge in [0, 0.05) is 6.20 Å². The first-order valence-electron chi connectivity index (χ1n) is 3.55. The first-order valence-corrected chi connectivity index (χ1v) is 3.55. The van der Waals surface area contributed by atoms with Crippen molar-refractivity contribution < 1.29 is 23.1 Å². The summed E-state index contributed by atoms with van der Waals surface area (Å²) in [6, 6.07) is -2.16. The third-order valence-electron chi connectivity index (χ3n) is 1.51. The van der Waals surface area contributed by atoms with Crippen LogP contribution in [0.4, 0.5) is 13.2 Å². The number of carboxylic acid groups (broad SMARTS) is 1. The van der Waals surface area contributed by atoms with Gasteiger partial charge in [0.15, 0.2) is 6.04 Å². The van der Waals surface area contributed by atoms with Crippen LogP contribution in [0.25, 0.3) is 0 Å². The second kappa shape index (κ2) is 3.64. The quantitative estimate of drug-likeness (QED) is 0.801. The predicted octanol–water partition coefficient (Wildman–Crippen LogP) is 0.856. The summed E-state index contributed by atoms with van der Waals surface area (Å²) in [6.45, 7) is 0. The van der Waals surface area contributed by atoms with E-state index in [1.54, 1.807) is 0 Å². The van der Waals surface area contributed by atoms with Gasteiger partial charge in [-0.2, -0.15) is 13.2 Å². The van der Waals surface area contributed by atoms with Gasteiger partial charge in [-0.1, -0.05) is 5.21 Å². The molecular formula is C6H6F3N3O2. The highest BCUT2D eigenvalue weighted by molar-refractivity contribution is 5.67. The zero-order valence-corrected chi connectivity index (χ0v) is 6.77. The molecule has 0 aromatic carbocycles. The minimum atomic E-state index is -4.65. The van der Waals surface area contributed by atoms with Gasteiger partial charge in [0.05, 0.1) is 12.6 Å². The molecule has 1 atom stereocenters. The van der Waals surface area contributed by atoms with Gasteiger partial charge in [0.2, 0.25) is 0 Å². The molecule has 0 fully saturated rings. The molecule has 14 heavy (non-hydrogen) atoms. The molecule has 0 aliphatic carbocycles. The summed E-state index contributed by atoms with van der Waals surface area (Å²) < 4.78 is 37.4. The summed E-state index contributed by atoms with van der Waals surface area (Å²) in [4.78, 5) is 10.2. The van der Waals surface area contributed by atoms with Crippen LogP contribution in [-0.4, -0.2) is 32.2 Å². The fraction of sp³-hybridized carbons (Fsp3) is 0.500. The third kappa shape index (κ3) is 2.44. The number of aromatic nitrogens is 3. The average Bonchev–Trinajstić information content (AvgIpc) is 2.49. The molecule has 0 amide bonds. The number of nitrogens with zero attached hydrogens (tertiary/aromatic N) is 3.